The highest BCUT2D eigenvalue weighted by Crippen LogP contribution is 2.38. The first-order chi connectivity index (χ1) is 10.2. The van der Waals surface area contributed by atoms with Gasteiger partial charge in [-0.25, -0.2) is 4.39 Å². The van der Waals surface area contributed by atoms with Gasteiger partial charge in [-0.15, -0.1) is 0 Å². The number of benzene rings is 1. The molecule has 1 fully saturated rings. The van der Waals surface area contributed by atoms with Gasteiger partial charge in [0, 0.05) is 12.5 Å². The normalized spacial score (nSPS) is 14.2. The maximum Gasteiger partial charge on any atom is 0.257 e. The number of carbonyl (C=O) groups is 1. The SMILES string of the molecule is CCN(Cc1noc(C2CC2)n1)C(=O)c1ccccc1F. The molecule has 0 bridgehead atoms. The molecule has 0 spiro atoms. The minimum absolute atomic E-state index is 0.0604. The molecule has 0 atom stereocenters. The Bertz CT molecular complexity index is 652. The van der Waals surface area contributed by atoms with Gasteiger partial charge in [-0.2, -0.15) is 4.98 Å². The average Bonchev–Trinajstić information content (AvgIpc) is 3.24. The molecule has 1 saturated carbocycles. The highest BCUT2D eigenvalue weighted by Gasteiger charge is 2.30. The fourth-order valence-corrected chi connectivity index (χ4v) is 2.13. The lowest BCUT2D eigenvalue weighted by atomic mass is 10.2. The summed E-state index contributed by atoms with van der Waals surface area (Å²) in [5.41, 5.74) is 0.0604. The van der Waals surface area contributed by atoms with Crippen molar-refractivity contribution in [1.82, 2.24) is 15.0 Å². The van der Waals surface area contributed by atoms with Crippen LogP contribution >= 0.6 is 0 Å². The van der Waals surface area contributed by atoms with Crippen molar-refractivity contribution in [2.45, 2.75) is 32.2 Å². The Morgan fingerprint density at radius 2 is 2.19 bits per heavy atom. The fourth-order valence-electron chi connectivity index (χ4n) is 2.13. The van der Waals surface area contributed by atoms with E-state index >= 15 is 0 Å². The molecule has 2 aromatic rings. The van der Waals surface area contributed by atoms with E-state index in [0.717, 1.165) is 12.8 Å². The van der Waals surface area contributed by atoms with Crippen molar-refractivity contribution < 1.29 is 13.7 Å². The van der Waals surface area contributed by atoms with E-state index in [2.05, 4.69) is 10.1 Å². The Morgan fingerprint density at radius 1 is 1.43 bits per heavy atom. The van der Waals surface area contributed by atoms with Crippen LogP contribution < -0.4 is 0 Å². The van der Waals surface area contributed by atoms with Crippen molar-refractivity contribution >= 4 is 5.91 Å². The summed E-state index contributed by atoms with van der Waals surface area (Å²) in [5, 5.41) is 3.89. The molecule has 6 heteroatoms. The van der Waals surface area contributed by atoms with Crippen LogP contribution in [0.15, 0.2) is 28.8 Å². The van der Waals surface area contributed by atoms with E-state index in [1.165, 1.54) is 17.0 Å². The van der Waals surface area contributed by atoms with Crippen LogP contribution in [-0.2, 0) is 6.54 Å². The molecule has 1 aliphatic rings. The predicted octanol–water partition coefficient (Wildman–Crippen LogP) is 2.75. The highest BCUT2D eigenvalue weighted by molar-refractivity contribution is 5.94. The molecule has 1 aromatic heterocycles. The lowest BCUT2D eigenvalue weighted by molar-refractivity contribution is 0.0742. The first-order valence-corrected chi connectivity index (χ1v) is 7.05. The molecule has 0 radical (unpaired) electrons. The lowest BCUT2D eigenvalue weighted by Gasteiger charge is -2.19. The Hall–Kier alpha value is -2.24. The van der Waals surface area contributed by atoms with Gasteiger partial charge in [0.15, 0.2) is 5.82 Å². The second-order valence-electron chi connectivity index (χ2n) is 5.12. The molecule has 5 nitrogen and oxygen atoms in total. The fraction of sp³-hybridized carbons (Fsp3) is 0.400. The number of amides is 1. The maximum absolute atomic E-state index is 13.7. The van der Waals surface area contributed by atoms with E-state index in [9.17, 15) is 9.18 Å². The third-order valence-corrected chi connectivity index (χ3v) is 3.52. The summed E-state index contributed by atoms with van der Waals surface area (Å²) in [5.74, 6) is 0.590. The molecular weight excluding hydrogens is 273 g/mol. The summed E-state index contributed by atoms with van der Waals surface area (Å²) < 4.78 is 18.9. The molecule has 0 saturated heterocycles. The topological polar surface area (TPSA) is 59.2 Å². The molecule has 1 heterocycles. The molecular formula is C15H16FN3O2. The van der Waals surface area contributed by atoms with Crippen molar-refractivity contribution in [2.75, 3.05) is 6.54 Å². The van der Waals surface area contributed by atoms with E-state index in [4.69, 9.17) is 4.52 Å². The molecule has 1 amide bonds. The number of halogens is 1. The molecule has 21 heavy (non-hydrogen) atoms. The largest absolute Gasteiger partial charge is 0.339 e. The van der Waals surface area contributed by atoms with Gasteiger partial charge in [-0.1, -0.05) is 17.3 Å². The molecule has 1 aromatic carbocycles. The van der Waals surface area contributed by atoms with Gasteiger partial charge in [-0.3, -0.25) is 4.79 Å². The van der Waals surface area contributed by atoms with Crippen LogP contribution in [-0.4, -0.2) is 27.5 Å². The summed E-state index contributed by atoms with van der Waals surface area (Å²) in [4.78, 5) is 18.1. The summed E-state index contributed by atoms with van der Waals surface area (Å²) in [6.07, 6.45) is 2.15. The first-order valence-electron chi connectivity index (χ1n) is 7.05. The van der Waals surface area contributed by atoms with Crippen molar-refractivity contribution in [3.05, 3.63) is 47.4 Å². The number of rotatable bonds is 5. The summed E-state index contributed by atoms with van der Waals surface area (Å²) in [6, 6.07) is 5.96. The standard InChI is InChI=1S/C15H16FN3O2/c1-2-19(15(20)11-5-3-4-6-12(11)16)9-13-17-14(21-18-13)10-7-8-10/h3-6,10H,2,7-9H2,1H3. The number of nitrogens with zero attached hydrogens (tertiary/aromatic N) is 3. The van der Waals surface area contributed by atoms with Crippen LogP contribution in [0.25, 0.3) is 0 Å². The molecule has 1 aliphatic carbocycles. The van der Waals surface area contributed by atoms with E-state index in [-0.39, 0.29) is 18.0 Å². The molecule has 0 aliphatic heterocycles. The van der Waals surface area contributed by atoms with Crippen molar-refractivity contribution in [1.29, 1.82) is 0 Å². The van der Waals surface area contributed by atoms with Crippen molar-refractivity contribution in [3.8, 4) is 0 Å². The zero-order valence-corrected chi connectivity index (χ0v) is 11.8. The van der Waals surface area contributed by atoms with Gasteiger partial charge in [0.05, 0.1) is 12.1 Å². The van der Waals surface area contributed by atoms with Gasteiger partial charge >= 0.3 is 0 Å². The molecule has 3 rings (SSSR count). The van der Waals surface area contributed by atoms with Crippen LogP contribution in [0.3, 0.4) is 0 Å². The minimum Gasteiger partial charge on any atom is -0.339 e. The number of hydrogen-bond acceptors (Lipinski definition) is 4. The van der Waals surface area contributed by atoms with Gasteiger partial charge in [-0.05, 0) is 31.9 Å². The van der Waals surface area contributed by atoms with Crippen molar-refractivity contribution in [2.24, 2.45) is 0 Å². The van der Waals surface area contributed by atoms with Crippen LogP contribution in [0, 0.1) is 5.82 Å². The summed E-state index contributed by atoms with van der Waals surface area (Å²) in [6.45, 7) is 2.50. The van der Waals surface area contributed by atoms with E-state index < -0.39 is 5.82 Å². The predicted molar refractivity (Wildman–Crippen MR) is 73.1 cm³/mol. The molecule has 0 N–H and O–H groups in total. The van der Waals surface area contributed by atoms with E-state index in [0.29, 0.717) is 24.2 Å². The second-order valence-corrected chi connectivity index (χ2v) is 5.12. The van der Waals surface area contributed by atoms with Crippen LogP contribution in [0.2, 0.25) is 0 Å². The lowest BCUT2D eigenvalue weighted by Crippen LogP contribution is -2.31. The Labute approximate surface area is 121 Å². The molecule has 0 unspecified atom stereocenters. The van der Waals surface area contributed by atoms with Crippen LogP contribution in [0.4, 0.5) is 4.39 Å². The smallest absolute Gasteiger partial charge is 0.257 e. The zero-order chi connectivity index (χ0) is 14.8. The Balaban J connectivity index is 1.74. The van der Waals surface area contributed by atoms with Crippen LogP contribution in [0.5, 0.6) is 0 Å². The number of carbonyl (C=O) groups excluding carboxylic acids is 1. The Morgan fingerprint density at radius 3 is 2.86 bits per heavy atom. The molecule has 110 valence electrons. The van der Waals surface area contributed by atoms with Crippen molar-refractivity contribution in [3.63, 3.8) is 0 Å². The number of hydrogen-bond donors (Lipinski definition) is 0. The van der Waals surface area contributed by atoms with E-state index in [1.807, 2.05) is 6.92 Å². The number of aromatic nitrogens is 2. The average molecular weight is 289 g/mol. The minimum atomic E-state index is -0.521. The Kier molecular flexibility index (Phi) is 3.68. The first kappa shape index (κ1) is 13.7. The van der Waals surface area contributed by atoms with E-state index in [1.54, 1.807) is 12.1 Å². The zero-order valence-electron chi connectivity index (χ0n) is 11.8. The monoisotopic (exact) mass is 289 g/mol. The third kappa shape index (κ3) is 2.94. The summed E-state index contributed by atoms with van der Waals surface area (Å²) in [7, 11) is 0. The van der Waals surface area contributed by atoms with Gasteiger partial charge in [0.2, 0.25) is 5.89 Å². The van der Waals surface area contributed by atoms with Gasteiger partial charge in [0.1, 0.15) is 5.82 Å². The summed E-state index contributed by atoms with van der Waals surface area (Å²) >= 11 is 0. The van der Waals surface area contributed by atoms with Gasteiger partial charge < -0.3 is 9.42 Å². The maximum atomic E-state index is 13.7. The quantitative estimate of drug-likeness (QED) is 0.849. The highest BCUT2D eigenvalue weighted by atomic mass is 19.1. The van der Waals surface area contributed by atoms with Crippen LogP contribution in [0.1, 0.15) is 47.8 Å². The third-order valence-electron chi connectivity index (χ3n) is 3.52. The van der Waals surface area contributed by atoms with Gasteiger partial charge in [0.25, 0.3) is 5.91 Å². The second kappa shape index (κ2) is 5.63.